The number of rotatable bonds is 6. The molecule has 0 radical (unpaired) electrons. The fourth-order valence-electron chi connectivity index (χ4n) is 4.77. The highest BCUT2D eigenvalue weighted by atomic mass is 15.4. The Labute approximate surface area is 210 Å². The number of nitrogens with zero attached hydrogens (tertiary/aromatic N) is 9. The second-order valence-electron chi connectivity index (χ2n) is 9.15. The summed E-state index contributed by atoms with van der Waals surface area (Å²) in [6, 6.07) is 12.6. The maximum absolute atomic E-state index is 4.70. The fourth-order valence-corrected chi connectivity index (χ4v) is 4.77. The van der Waals surface area contributed by atoms with Gasteiger partial charge in [-0.2, -0.15) is 10.2 Å². The minimum absolute atomic E-state index is 0.264. The SMILES string of the molecule is CCn1cc(-c2cc3c(N4CCN(c5ncc([C@H](C)c6ccccc6)cn5)CC4)ncnn3c2)cn1. The van der Waals surface area contributed by atoms with E-state index in [9.17, 15) is 0 Å². The molecule has 4 aromatic heterocycles. The number of aryl methyl sites for hydroxylation is 1. The van der Waals surface area contributed by atoms with Crippen LogP contribution >= 0.6 is 0 Å². The molecule has 1 saturated heterocycles. The zero-order valence-electron chi connectivity index (χ0n) is 20.6. The molecule has 5 aromatic rings. The van der Waals surface area contributed by atoms with E-state index in [0.29, 0.717) is 0 Å². The molecule has 0 amide bonds. The van der Waals surface area contributed by atoms with Crippen molar-refractivity contribution in [2.24, 2.45) is 0 Å². The lowest BCUT2D eigenvalue weighted by Crippen LogP contribution is -2.47. The first-order valence-corrected chi connectivity index (χ1v) is 12.4. The van der Waals surface area contributed by atoms with Gasteiger partial charge in [-0.15, -0.1) is 0 Å². The summed E-state index contributed by atoms with van der Waals surface area (Å²) < 4.78 is 3.84. The quantitative estimate of drug-likeness (QED) is 0.366. The Morgan fingerprint density at radius 3 is 2.28 bits per heavy atom. The monoisotopic (exact) mass is 479 g/mol. The van der Waals surface area contributed by atoms with Crippen molar-refractivity contribution in [1.29, 1.82) is 0 Å². The summed E-state index contributed by atoms with van der Waals surface area (Å²) in [5.41, 5.74) is 5.57. The average Bonchev–Trinajstić information content (AvgIpc) is 3.60. The summed E-state index contributed by atoms with van der Waals surface area (Å²) in [5, 5.41) is 8.84. The largest absolute Gasteiger partial charge is 0.351 e. The molecule has 0 bridgehead atoms. The Balaban J connectivity index is 1.16. The van der Waals surface area contributed by atoms with Gasteiger partial charge < -0.3 is 9.80 Å². The zero-order chi connectivity index (χ0) is 24.5. The molecule has 9 heteroatoms. The van der Waals surface area contributed by atoms with Crippen LogP contribution in [0.2, 0.25) is 0 Å². The van der Waals surface area contributed by atoms with Crippen LogP contribution in [0.15, 0.2) is 73.7 Å². The van der Waals surface area contributed by atoms with Crippen LogP contribution in [0.4, 0.5) is 11.8 Å². The summed E-state index contributed by atoms with van der Waals surface area (Å²) in [4.78, 5) is 18.6. The first kappa shape index (κ1) is 22.2. The number of hydrogen-bond acceptors (Lipinski definition) is 7. The first-order valence-electron chi connectivity index (χ1n) is 12.4. The van der Waals surface area contributed by atoms with Crippen molar-refractivity contribution in [3.8, 4) is 11.1 Å². The highest BCUT2D eigenvalue weighted by Gasteiger charge is 2.23. The molecule has 0 saturated carbocycles. The van der Waals surface area contributed by atoms with E-state index < -0.39 is 0 Å². The molecule has 182 valence electrons. The van der Waals surface area contributed by atoms with Crippen molar-refractivity contribution in [3.63, 3.8) is 0 Å². The number of anilines is 2. The molecule has 5 heterocycles. The van der Waals surface area contributed by atoms with Crippen molar-refractivity contribution >= 4 is 17.3 Å². The number of benzene rings is 1. The Kier molecular flexibility index (Phi) is 5.80. The van der Waals surface area contributed by atoms with Crippen LogP contribution in [0.3, 0.4) is 0 Å². The molecule has 1 fully saturated rings. The Bertz CT molecular complexity index is 1450. The molecular formula is C27H29N9. The lowest BCUT2D eigenvalue weighted by atomic mass is 9.96. The molecule has 0 N–H and O–H groups in total. The lowest BCUT2D eigenvalue weighted by molar-refractivity contribution is 0.632. The number of hydrogen-bond donors (Lipinski definition) is 0. The van der Waals surface area contributed by atoms with E-state index >= 15 is 0 Å². The standard InChI is InChI=1S/C27H29N9/c1-3-35-17-24(16-31-35)22-13-25-26(30-19-32-36(25)18-22)33-9-11-34(12-10-33)27-28-14-23(15-29-27)20(2)21-7-5-4-6-8-21/h4-8,13-20H,3,9-12H2,1-2H3/t20-/m1/s1. The Morgan fingerprint density at radius 1 is 0.806 bits per heavy atom. The molecule has 1 aromatic carbocycles. The van der Waals surface area contributed by atoms with Crippen LogP contribution in [0.1, 0.15) is 30.9 Å². The van der Waals surface area contributed by atoms with Gasteiger partial charge in [0, 0.05) is 74.6 Å². The smallest absolute Gasteiger partial charge is 0.225 e. The van der Waals surface area contributed by atoms with Crippen molar-refractivity contribution in [2.75, 3.05) is 36.0 Å². The first-order chi connectivity index (χ1) is 17.7. The molecule has 36 heavy (non-hydrogen) atoms. The third-order valence-corrected chi connectivity index (χ3v) is 7.00. The third-order valence-electron chi connectivity index (χ3n) is 7.00. The lowest BCUT2D eigenvalue weighted by Gasteiger charge is -2.35. The fraction of sp³-hybridized carbons (Fsp3) is 0.296. The second-order valence-corrected chi connectivity index (χ2v) is 9.15. The number of aromatic nitrogens is 7. The molecule has 0 spiro atoms. The van der Waals surface area contributed by atoms with Gasteiger partial charge in [0.25, 0.3) is 0 Å². The maximum Gasteiger partial charge on any atom is 0.225 e. The molecule has 1 atom stereocenters. The molecule has 1 aliphatic heterocycles. The molecule has 0 aliphatic carbocycles. The van der Waals surface area contributed by atoms with Crippen LogP contribution in [0.25, 0.3) is 16.6 Å². The van der Waals surface area contributed by atoms with E-state index in [0.717, 1.165) is 66.7 Å². The summed E-state index contributed by atoms with van der Waals surface area (Å²) in [6.45, 7) is 8.47. The van der Waals surface area contributed by atoms with Gasteiger partial charge in [0.05, 0.1) is 6.20 Å². The van der Waals surface area contributed by atoms with E-state index in [1.54, 1.807) is 6.33 Å². The van der Waals surface area contributed by atoms with Crippen LogP contribution in [-0.2, 0) is 6.54 Å². The zero-order valence-corrected chi connectivity index (χ0v) is 20.6. The normalized spacial score (nSPS) is 14.9. The minimum Gasteiger partial charge on any atom is -0.351 e. The number of piperazine rings is 1. The van der Waals surface area contributed by atoms with Crippen LogP contribution < -0.4 is 9.80 Å². The van der Waals surface area contributed by atoms with E-state index in [2.05, 4.69) is 75.4 Å². The van der Waals surface area contributed by atoms with Gasteiger partial charge >= 0.3 is 0 Å². The second kappa shape index (κ2) is 9.41. The van der Waals surface area contributed by atoms with E-state index in [4.69, 9.17) is 9.97 Å². The maximum atomic E-state index is 4.70. The van der Waals surface area contributed by atoms with E-state index in [1.807, 2.05) is 40.1 Å². The molecule has 0 unspecified atom stereocenters. The van der Waals surface area contributed by atoms with Gasteiger partial charge in [-0.25, -0.2) is 19.5 Å². The predicted molar refractivity (Wildman–Crippen MR) is 140 cm³/mol. The molecular weight excluding hydrogens is 450 g/mol. The molecule has 9 nitrogen and oxygen atoms in total. The Morgan fingerprint density at radius 2 is 1.56 bits per heavy atom. The molecule has 1 aliphatic rings. The third kappa shape index (κ3) is 4.17. The minimum atomic E-state index is 0.264. The van der Waals surface area contributed by atoms with Crippen molar-refractivity contribution in [3.05, 3.63) is 84.8 Å². The van der Waals surface area contributed by atoms with E-state index in [1.165, 1.54) is 5.56 Å². The van der Waals surface area contributed by atoms with E-state index in [-0.39, 0.29) is 5.92 Å². The number of fused-ring (bicyclic) bond motifs is 1. The van der Waals surface area contributed by atoms with Crippen molar-refractivity contribution < 1.29 is 0 Å². The highest BCUT2D eigenvalue weighted by molar-refractivity contribution is 5.77. The topological polar surface area (TPSA) is 80.3 Å². The van der Waals surface area contributed by atoms with Crippen molar-refractivity contribution in [2.45, 2.75) is 26.3 Å². The predicted octanol–water partition coefficient (Wildman–Crippen LogP) is 3.88. The van der Waals surface area contributed by atoms with Crippen molar-refractivity contribution in [1.82, 2.24) is 34.3 Å². The van der Waals surface area contributed by atoms with Gasteiger partial charge in [0.2, 0.25) is 5.95 Å². The van der Waals surface area contributed by atoms with Crippen LogP contribution in [0, 0.1) is 0 Å². The highest BCUT2D eigenvalue weighted by Crippen LogP contribution is 2.28. The summed E-state index contributed by atoms with van der Waals surface area (Å²) >= 11 is 0. The van der Waals surface area contributed by atoms with Crippen LogP contribution in [0.5, 0.6) is 0 Å². The van der Waals surface area contributed by atoms with Gasteiger partial charge in [0.1, 0.15) is 11.8 Å². The van der Waals surface area contributed by atoms with Gasteiger partial charge in [-0.1, -0.05) is 37.3 Å². The molecule has 6 rings (SSSR count). The van der Waals surface area contributed by atoms with Gasteiger partial charge in [-0.05, 0) is 24.1 Å². The van der Waals surface area contributed by atoms with Crippen LogP contribution in [-0.4, -0.2) is 60.5 Å². The summed E-state index contributed by atoms with van der Waals surface area (Å²) in [6.07, 6.45) is 11.6. The Hall–Kier alpha value is -4.27. The average molecular weight is 480 g/mol. The summed E-state index contributed by atoms with van der Waals surface area (Å²) in [7, 11) is 0. The van der Waals surface area contributed by atoms with Gasteiger partial charge in [-0.3, -0.25) is 4.68 Å². The summed E-state index contributed by atoms with van der Waals surface area (Å²) in [5.74, 6) is 2.00. The van der Waals surface area contributed by atoms with Gasteiger partial charge in [0.15, 0.2) is 5.82 Å².